The van der Waals surface area contributed by atoms with Crippen LogP contribution in [0.5, 0.6) is 0 Å². The number of tetrazole rings is 1. The summed E-state index contributed by atoms with van der Waals surface area (Å²) in [7, 11) is -4.14. The summed E-state index contributed by atoms with van der Waals surface area (Å²) in [5, 5.41) is 20.0. The van der Waals surface area contributed by atoms with Crippen LogP contribution in [-0.4, -0.2) is 62.5 Å². The van der Waals surface area contributed by atoms with E-state index in [4.69, 9.17) is 28.9 Å². The van der Waals surface area contributed by atoms with Crippen molar-refractivity contribution < 1.29 is 23.1 Å². The van der Waals surface area contributed by atoms with Crippen LogP contribution in [0.2, 0.25) is 10.0 Å². The Balaban J connectivity index is 2.01. The number of Topliss-reactive ketones (excluding diaryl/α,β-unsaturated/α-hetero) is 1. The first-order chi connectivity index (χ1) is 16.1. The first-order valence-electron chi connectivity index (χ1n) is 11.0. The molecule has 0 amide bonds. The van der Waals surface area contributed by atoms with E-state index in [2.05, 4.69) is 22.3 Å². The third-order valence-electron chi connectivity index (χ3n) is 5.30. The van der Waals surface area contributed by atoms with Crippen molar-refractivity contribution in [3.63, 3.8) is 0 Å². The van der Waals surface area contributed by atoms with Crippen molar-refractivity contribution in [1.82, 2.24) is 20.2 Å². The van der Waals surface area contributed by atoms with E-state index in [0.29, 0.717) is 28.5 Å². The third kappa shape index (κ3) is 8.00. The number of sulfone groups is 1. The molecule has 1 heterocycles. The zero-order valence-corrected chi connectivity index (χ0v) is 21.2. The van der Waals surface area contributed by atoms with Gasteiger partial charge in [-0.2, -0.15) is 4.80 Å². The molecule has 10 nitrogen and oxygen atoms in total. The molecule has 0 fully saturated rings. The average molecular weight is 534 g/mol. The summed E-state index contributed by atoms with van der Waals surface area (Å²) in [5.41, 5.74) is 6.39. The molecule has 2 rings (SSSR count). The molecule has 0 aliphatic heterocycles. The van der Waals surface area contributed by atoms with E-state index in [0.717, 1.165) is 30.5 Å². The van der Waals surface area contributed by atoms with Gasteiger partial charge < -0.3 is 10.8 Å². The van der Waals surface area contributed by atoms with Crippen LogP contribution in [0.3, 0.4) is 0 Å². The molecule has 1 aromatic carbocycles. The number of unbranched alkanes of at least 4 members (excludes halogenated alkanes) is 5. The number of aliphatic carboxylic acids is 1. The molecule has 2 aromatic rings. The Morgan fingerprint density at radius 3 is 2.35 bits per heavy atom. The smallest absolute Gasteiger partial charge is 0.323 e. The molecule has 0 radical (unpaired) electrons. The summed E-state index contributed by atoms with van der Waals surface area (Å²) in [6.45, 7) is 1.55. The summed E-state index contributed by atoms with van der Waals surface area (Å²) in [4.78, 5) is 25.2. The summed E-state index contributed by atoms with van der Waals surface area (Å²) in [6, 6.07) is 3.24. The molecule has 188 valence electrons. The lowest BCUT2D eigenvalue weighted by Gasteiger charge is -2.19. The first kappa shape index (κ1) is 28.2. The van der Waals surface area contributed by atoms with Crippen LogP contribution >= 0.6 is 23.2 Å². The number of carboxylic acid groups (broad SMARTS) is 1. The van der Waals surface area contributed by atoms with E-state index in [1.165, 1.54) is 0 Å². The second-order valence-electron chi connectivity index (χ2n) is 8.00. The molecule has 0 saturated carbocycles. The maximum Gasteiger partial charge on any atom is 0.323 e. The quantitative estimate of drug-likeness (QED) is 0.328. The number of nitrogens with zero attached hydrogens (tertiary/aromatic N) is 4. The Morgan fingerprint density at radius 2 is 1.74 bits per heavy atom. The van der Waals surface area contributed by atoms with Gasteiger partial charge in [-0.3, -0.25) is 9.59 Å². The number of ketones is 1. The SMILES string of the molecule is CCCCCCCCS(=O)(=O)C(C(=O)O)C(N)C(=O)Cn1nnc(Cc2c(Cl)cccc2Cl)n1. The minimum absolute atomic E-state index is 0.156. The number of carboxylic acids is 1. The van der Waals surface area contributed by atoms with E-state index in [-0.39, 0.29) is 18.0 Å². The van der Waals surface area contributed by atoms with E-state index < -0.39 is 39.4 Å². The number of benzene rings is 1. The Bertz CT molecular complexity index is 1070. The average Bonchev–Trinajstić information content (AvgIpc) is 3.19. The zero-order chi connectivity index (χ0) is 25.3. The number of carbonyl (C=O) groups excluding carboxylic acids is 1. The van der Waals surface area contributed by atoms with Crippen LogP contribution in [-0.2, 0) is 32.4 Å². The van der Waals surface area contributed by atoms with Crippen molar-refractivity contribution in [3.05, 3.63) is 39.6 Å². The molecule has 3 N–H and O–H groups in total. The fourth-order valence-electron chi connectivity index (χ4n) is 3.43. The van der Waals surface area contributed by atoms with E-state index >= 15 is 0 Å². The van der Waals surface area contributed by atoms with E-state index in [9.17, 15) is 23.1 Å². The van der Waals surface area contributed by atoms with E-state index in [1.54, 1.807) is 18.2 Å². The molecule has 0 saturated heterocycles. The number of aromatic nitrogens is 4. The summed E-state index contributed by atoms with van der Waals surface area (Å²) in [6.07, 6.45) is 5.12. The molecular weight excluding hydrogens is 505 g/mol. The van der Waals surface area contributed by atoms with Crippen LogP contribution in [0, 0.1) is 0 Å². The van der Waals surface area contributed by atoms with Crippen LogP contribution in [0.25, 0.3) is 0 Å². The monoisotopic (exact) mass is 533 g/mol. The number of hydrogen-bond donors (Lipinski definition) is 2. The van der Waals surface area contributed by atoms with Gasteiger partial charge in [-0.05, 0) is 29.3 Å². The molecule has 1 aromatic heterocycles. The zero-order valence-electron chi connectivity index (χ0n) is 18.9. The van der Waals surface area contributed by atoms with Crippen molar-refractivity contribution >= 4 is 44.8 Å². The van der Waals surface area contributed by atoms with Crippen LogP contribution < -0.4 is 5.73 Å². The standard InChI is InChI=1S/C21H29Cl2N5O5S/c1-2-3-4-5-6-7-11-34(32,33)20(21(30)31)19(24)17(29)13-28-26-18(25-27-28)12-14-15(22)9-8-10-16(14)23/h8-10,19-20H,2-7,11-13,24H2,1H3,(H,30,31). The molecule has 13 heteroatoms. The van der Waals surface area contributed by atoms with Crippen molar-refractivity contribution in [1.29, 1.82) is 0 Å². The predicted molar refractivity (Wildman–Crippen MR) is 129 cm³/mol. The Morgan fingerprint density at radius 1 is 1.12 bits per heavy atom. The lowest BCUT2D eigenvalue weighted by Crippen LogP contribution is -2.52. The minimum atomic E-state index is -4.14. The first-order valence-corrected chi connectivity index (χ1v) is 13.5. The van der Waals surface area contributed by atoms with Gasteiger partial charge in [0.25, 0.3) is 0 Å². The number of halogens is 2. The fraction of sp³-hybridized carbons (Fsp3) is 0.571. The highest BCUT2D eigenvalue weighted by Gasteiger charge is 2.41. The molecule has 0 spiro atoms. The normalized spacial score (nSPS) is 13.5. The highest BCUT2D eigenvalue weighted by molar-refractivity contribution is 7.92. The Labute approximate surface area is 208 Å². The van der Waals surface area contributed by atoms with Gasteiger partial charge in [-0.15, -0.1) is 10.2 Å². The lowest BCUT2D eigenvalue weighted by molar-refractivity contribution is -0.138. The van der Waals surface area contributed by atoms with Crippen molar-refractivity contribution in [2.75, 3.05) is 5.75 Å². The summed E-state index contributed by atoms with van der Waals surface area (Å²) in [5.74, 6) is -2.62. The van der Waals surface area contributed by atoms with Gasteiger partial charge in [0.05, 0.1) is 11.8 Å². The molecule has 34 heavy (non-hydrogen) atoms. The van der Waals surface area contributed by atoms with Gasteiger partial charge in [-0.1, -0.05) is 68.3 Å². The molecule has 2 atom stereocenters. The third-order valence-corrected chi connectivity index (χ3v) is 8.13. The van der Waals surface area contributed by atoms with E-state index in [1.807, 2.05) is 0 Å². The van der Waals surface area contributed by atoms with Crippen molar-refractivity contribution in [2.24, 2.45) is 5.73 Å². The predicted octanol–water partition coefficient (Wildman–Crippen LogP) is 2.70. The highest BCUT2D eigenvalue weighted by atomic mass is 35.5. The van der Waals surface area contributed by atoms with Crippen molar-refractivity contribution in [2.45, 2.75) is 69.7 Å². The molecular formula is C21H29Cl2N5O5S. The van der Waals surface area contributed by atoms with Crippen LogP contribution in [0.15, 0.2) is 18.2 Å². The number of hydrogen-bond acceptors (Lipinski definition) is 8. The van der Waals surface area contributed by atoms with Gasteiger partial charge in [0.2, 0.25) is 0 Å². The maximum absolute atomic E-state index is 12.6. The Kier molecular flexibility index (Phi) is 10.9. The molecule has 2 unspecified atom stereocenters. The van der Waals surface area contributed by atoms with Gasteiger partial charge in [0.1, 0.15) is 6.54 Å². The second-order valence-corrected chi connectivity index (χ2v) is 11.1. The van der Waals surface area contributed by atoms with Gasteiger partial charge in [0.15, 0.2) is 26.7 Å². The van der Waals surface area contributed by atoms with Crippen molar-refractivity contribution in [3.8, 4) is 0 Å². The fourth-order valence-corrected chi connectivity index (χ4v) is 5.73. The summed E-state index contributed by atoms with van der Waals surface area (Å²) >= 11 is 12.3. The highest BCUT2D eigenvalue weighted by Crippen LogP contribution is 2.25. The van der Waals surface area contributed by atoms with Gasteiger partial charge in [-0.25, -0.2) is 8.42 Å². The topological polar surface area (TPSA) is 158 Å². The van der Waals surface area contributed by atoms with Gasteiger partial charge >= 0.3 is 5.97 Å². The number of carbonyl (C=O) groups is 2. The second kappa shape index (κ2) is 13.1. The molecule has 0 aliphatic rings. The summed E-state index contributed by atoms with van der Waals surface area (Å²) < 4.78 is 25.3. The van der Waals surface area contributed by atoms with Gasteiger partial charge in [0, 0.05) is 16.5 Å². The number of rotatable bonds is 15. The van der Waals surface area contributed by atoms with Crippen LogP contribution in [0.1, 0.15) is 56.8 Å². The van der Waals surface area contributed by atoms with Crippen LogP contribution in [0.4, 0.5) is 0 Å². The maximum atomic E-state index is 12.6. The minimum Gasteiger partial charge on any atom is -0.480 e. The molecule has 0 aliphatic carbocycles. The molecule has 0 bridgehead atoms. The lowest BCUT2D eigenvalue weighted by atomic mass is 10.1. The Hall–Kier alpha value is -2.08. The number of nitrogens with two attached hydrogens (primary N) is 1. The largest absolute Gasteiger partial charge is 0.480 e.